The second kappa shape index (κ2) is 6.43. The number of rotatable bonds is 4. The molecule has 1 aromatic rings. The molecule has 1 heterocycles. The Morgan fingerprint density at radius 1 is 1.16 bits per heavy atom. The predicted molar refractivity (Wildman–Crippen MR) is 92.3 cm³/mol. The molecule has 1 N–H and O–H groups in total. The fourth-order valence-corrected chi connectivity index (χ4v) is 4.06. The first-order valence-electron chi connectivity index (χ1n) is 9.41. The van der Waals surface area contributed by atoms with Gasteiger partial charge in [0.25, 0.3) is 0 Å². The molecule has 2 saturated carbocycles. The van der Waals surface area contributed by atoms with Crippen molar-refractivity contribution >= 4 is 11.8 Å². The molecule has 0 spiro atoms. The highest BCUT2D eigenvalue weighted by Crippen LogP contribution is 2.42. The third-order valence-electron chi connectivity index (χ3n) is 5.93. The van der Waals surface area contributed by atoms with E-state index in [-0.39, 0.29) is 41.6 Å². The SMILES string of the molecule is C[C@@H]1C[C@@H]1C(=O)N1CCCC[C@@H]1C(=O)N[C@@H]1C[C@@H]1c1ccc(F)cc1. The van der Waals surface area contributed by atoms with Crippen molar-refractivity contribution in [3.05, 3.63) is 35.6 Å². The Labute approximate surface area is 147 Å². The second-order valence-corrected chi connectivity index (χ2v) is 7.87. The van der Waals surface area contributed by atoms with Gasteiger partial charge in [-0.1, -0.05) is 19.1 Å². The van der Waals surface area contributed by atoms with Gasteiger partial charge in [0.2, 0.25) is 11.8 Å². The molecule has 0 unspecified atom stereocenters. The summed E-state index contributed by atoms with van der Waals surface area (Å²) in [6.45, 7) is 2.80. The normalized spacial score (nSPS) is 33.7. The van der Waals surface area contributed by atoms with Crippen LogP contribution in [0.25, 0.3) is 0 Å². The molecule has 5 heteroatoms. The minimum Gasteiger partial charge on any atom is -0.351 e. The van der Waals surface area contributed by atoms with Crippen molar-refractivity contribution in [2.75, 3.05) is 6.54 Å². The Kier molecular flexibility index (Phi) is 4.26. The lowest BCUT2D eigenvalue weighted by atomic mass is 10.00. The number of carbonyl (C=O) groups is 2. The molecular formula is C20H25FN2O2. The van der Waals surface area contributed by atoms with E-state index in [0.717, 1.165) is 37.7 Å². The number of benzene rings is 1. The summed E-state index contributed by atoms with van der Waals surface area (Å²) < 4.78 is 13.0. The summed E-state index contributed by atoms with van der Waals surface area (Å²) in [4.78, 5) is 27.2. The van der Waals surface area contributed by atoms with Crippen molar-refractivity contribution in [1.82, 2.24) is 10.2 Å². The summed E-state index contributed by atoms with van der Waals surface area (Å²) in [5.74, 6) is 0.760. The number of hydrogen-bond acceptors (Lipinski definition) is 2. The van der Waals surface area contributed by atoms with Crippen LogP contribution in [0.5, 0.6) is 0 Å². The predicted octanol–water partition coefficient (Wildman–Crippen LogP) is 2.83. The van der Waals surface area contributed by atoms with Gasteiger partial charge >= 0.3 is 0 Å². The number of halogens is 1. The Morgan fingerprint density at radius 2 is 1.88 bits per heavy atom. The molecule has 25 heavy (non-hydrogen) atoms. The molecule has 1 aliphatic heterocycles. The zero-order chi connectivity index (χ0) is 17.6. The zero-order valence-corrected chi connectivity index (χ0v) is 14.6. The van der Waals surface area contributed by atoms with E-state index in [4.69, 9.17) is 0 Å². The van der Waals surface area contributed by atoms with Gasteiger partial charge in [-0.15, -0.1) is 0 Å². The van der Waals surface area contributed by atoms with E-state index in [1.165, 1.54) is 12.1 Å². The Balaban J connectivity index is 1.36. The quantitative estimate of drug-likeness (QED) is 0.913. The molecule has 1 saturated heterocycles. The van der Waals surface area contributed by atoms with E-state index in [2.05, 4.69) is 12.2 Å². The fourth-order valence-electron chi connectivity index (χ4n) is 4.06. The van der Waals surface area contributed by atoms with Crippen molar-refractivity contribution in [2.24, 2.45) is 11.8 Å². The number of nitrogens with zero attached hydrogens (tertiary/aromatic N) is 1. The van der Waals surface area contributed by atoms with Gasteiger partial charge in [0.05, 0.1) is 0 Å². The van der Waals surface area contributed by atoms with Crippen molar-refractivity contribution < 1.29 is 14.0 Å². The average Bonchev–Trinajstić information content (AvgIpc) is 3.53. The summed E-state index contributed by atoms with van der Waals surface area (Å²) in [5, 5.41) is 3.12. The first-order chi connectivity index (χ1) is 12.0. The maximum absolute atomic E-state index is 13.0. The summed E-state index contributed by atoms with van der Waals surface area (Å²) in [6, 6.07) is 6.30. The smallest absolute Gasteiger partial charge is 0.243 e. The van der Waals surface area contributed by atoms with Crippen molar-refractivity contribution in [3.8, 4) is 0 Å². The van der Waals surface area contributed by atoms with Crippen molar-refractivity contribution in [1.29, 1.82) is 0 Å². The van der Waals surface area contributed by atoms with Gasteiger partial charge in [-0.25, -0.2) is 4.39 Å². The highest BCUT2D eigenvalue weighted by atomic mass is 19.1. The minimum absolute atomic E-state index is 0.0176. The lowest BCUT2D eigenvalue weighted by Crippen LogP contribution is -2.53. The highest BCUT2D eigenvalue weighted by molar-refractivity contribution is 5.90. The van der Waals surface area contributed by atoms with Gasteiger partial charge in [-0.2, -0.15) is 0 Å². The summed E-state index contributed by atoms with van der Waals surface area (Å²) >= 11 is 0. The van der Waals surface area contributed by atoms with Crippen LogP contribution in [0, 0.1) is 17.7 Å². The lowest BCUT2D eigenvalue weighted by molar-refractivity contribution is -0.143. The molecular weight excluding hydrogens is 319 g/mol. The monoisotopic (exact) mass is 344 g/mol. The third kappa shape index (κ3) is 3.42. The molecule has 2 aliphatic carbocycles. The van der Waals surface area contributed by atoms with Gasteiger partial charge in [0.1, 0.15) is 11.9 Å². The molecule has 134 valence electrons. The van der Waals surface area contributed by atoms with Gasteiger partial charge in [-0.3, -0.25) is 9.59 Å². The summed E-state index contributed by atoms with van der Waals surface area (Å²) in [5.41, 5.74) is 1.06. The largest absolute Gasteiger partial charge is 0.351 e. The van der Waals surface area contributed by atoms with Crippen molar-refractivity contribution in [2.45, 2.75) is 57.0 Å². The summed E-state index contributed by atoms with van der Waals surface area (Å²) in [7, 11) is 0. The number of nitrogens with one attached hydrogen (secondary N) is 1. The van der Waals surface area contributed by atoms with Crippen LogP contribution in [-0.2, 0) is 9.59 Å². The lowest BCUT2D eigenvalue weighted by Gasteiger charge is -2.35. The van der Waals surface area contributed by atoms with Crippen LogP contribution in [-0.4, -0.2) is 35.3 Å². The van der Waals surface area contributed by atoms with Crippen LogP contribution in [0.3, 0.4) is 0 Å². The van der Waals surface area contributed by atoms with E-state index in [0.29, 0.717) is 12.5 Å². The molecule has 2 amide bonds. The molecule has 3 aliphatic rings. The number of carbonyl (C=O) groups excluding carboxylic acids is 2. The molecule has 4 nitrogen and oxygen atoms in total. The topological polar surface area (TPSA) is 49.4 Å². The molecule has 4 rings (SSSR count). The maximum Gasteiger partial charge on any atom is 0.243 e. The van der Waals surface area contributed by atoms with Gasteiger partial charge in [0.15, 0.2) is 0 Å². The van der Waals surface area contributed by atoms with E-state index in [9.17, 15) is 14.0 Å². The molecule has 5 atom stereocenters. The van der Waals surface area contributed by atoms with E-state index >= 15 is 0 Å². The fraction of sp³-hybridized carbons (Fsp3) is 0.600. The van der Waals surface area contributed by atoms with Crippen LogP contribution in [0.2, 0.25) is 0 Å². The number of likely N-dealkylation sites (tertiary alicyclic amines) is 1. The number of hydrogen-bond donors (Lipinski definition) is 1. The Bertz CT molecular complexity index is 675. The van der Waals surface area contributed by atoms with Gasteiger partial charge < -0.3 is 10.2 Å². The van der Waals surface area contributed by atoms with Crippen LogP contribution in [0.4, 0.5) is 4.39 Å². The molecule has 0 aromatic heterocycles. The molecule has 0 bridgehead atoms. The number of amides is 2. The van der Waals surface area contributed by atoms with E-state index in [1.807, 2.05) is 4.90 Å². The van der Waals surface area contributed by atoms with Gasteiger partial charge in [-0.05, 0) is 55.7 Å². The van der Waals surface area contributed by atoms with E-state index in [1.54, 1.807) is 12.1 Å². The first-order valence-corrected chi connectivity index (χ1v) is 9.41. The van der Waals surface area contributed by atoms with Crippen LogP contribution in [0.15, 0.2) is 24.3 Å². The minimum atomic E-state index is -0.316. The van der Waals surface area contributed by atoms with Crippen LogP contribution in [0.1, 0.15) is 50.5 Å². The Morgan fingerprint density at radius 3 is 2.56 bits per heavy atom. The zero-order valence-electron chi connectivity index (χ0n) is 14.6. The molecule has 3 fully saturated rings. The molecule has 1 aromatic carbocycles. The first kappa shape index (κ1) is 16.6. The summed E-state index contributed by atoms with van der Waals surface area (Å²) in [6.07, 6.45) is 4.58. The van der Waals surface area contributed by atoms with E-state index < -0.39 is 0 Å². The Hall–Kier alpha value is -1.91. The van der Waals surface area contributed by atoms with Crippen molar-refractivity contribution in [3.63, 3.8) is 0 Å². The average molecular weight is 344 g/mol. The van der Waals surface area contributed by atoms with Crippen LogP contribution >= 0.6 is 0 Å². The second-order valence-electron chi connectivity index (χ2n) is 7.87. The molecule has 0 radical (unpaired) electrons. The highest BCUT2D eigenvalue weighted by Gasteiger charge is 2.46. The maximum atomic E-state index is 13.0. The van der Waals surface area contributed by atoms with Crippen LogP contribution < -0.4 is 5.32 Å². The van der Waals surface area contributed by atoms with Gasteiger partial charge in [0, 0.05) is 24.4 Å². The number of piperidine rings is 1. The third-order valence-corrected chi connectivity index (χ3v) is 5.93. The standard InChI is InChI=1S/C20H25FN2O2/c1-12-10-15(12)20(25)23-9-3-2-4-18(23)19(24)22-17-11-16(17)13-5-7-14(21)8-6-13/h5-8,12,15-18H,2-4,9-11H2,1H3,(H,22,24)/t12-,15+,16-,17-,18-/m1/s1.